The van der Waals surface area contributed by atoms with Crippen LogP contribution in [0.15, 0.2) is 66.7 Å². The molecule has 0 heterocycles. The van der Waals surface area contributed by atoms with Crippen LogP contribution in [-0.2, 0) is 4.74 Å². The second-order valence-electron chi connectivity index (χ2n) is 7.58. The summed E-state index contributed by atoms with van der Waals surface area (Å²) < 4.78 is 34.5. The summed E-state index contributed by atoms with van der Waals surface area (Å²) in [7, 11) is 0. The molecule has 1 aliphatic rings. The third kappa shape index (κ3) is 10.5. The van der Waals surface area contributed by atoms with E-state index in [0.29, 0.717) is 12.0 Å². The van der Waals surface area contributed by atoms with Gasteiger partial charge in [0.2, 0.25) is 0 Å². The molecule has 1 fully saturated rings. The zero-order valence-electron chi connectivity index (χ0n) is 17.9. The maximum absolute atomic E-state index is 12.1. The van der Waals surface area contributed by atoms with Crippen LogP contribution in [0, 0.1) is 5.92 Å². The molecule has 30 heavy (non-hydrogen) atoms. The second kappa shape index (κ2) is 14.7. The van der Waals surface area contributed by atoms with Crippen LogP contribution in [-0.4, -0.2) is 19.3 Å². The Kier molecular flexibility index (Phi) is 11.8. The third-order valence-corrected chi connectivity index (χ3v) is 5.15. The first-order chi connectivity index (χ1) is 14.7. The van der Waals surface area contributed by atoms with Crippen LogP contribution >= 0.6 is 0 Å². The maximum Gasteiger partial charge on any atom is 0.387 e. The van der Waals surface area contributed by atoms with Crippen molar-refractivity contribution in [3.05, 3.63) is 72.3 Å². The summed E-state index contributed by atoms with van der Waals surface area (Å²) in [5.41, 5.74) is 1.01. The SMILES string of the molecule is CCCCCOC1CCC(C=Cc2ccc(OC(F)F)cc2)CC1.c1ccccc1. The van der Waals surface area contributed by atoms with Gasteiger partial charge in [-0.25, -0.2) is 0 Å². The van der Waals surface area contributed by atoms with Crippen LogP contribution in [0.2, 0.25) is 0 Å². The van der Waals surface area contributed by atoms with Gasteiger partial charge >= 0.3 is 6.61 Å². The fraction of sp³-hybridized carbons (Fsp3) is 0.462. The first-order valence-corrected chi connectivity index (χ1v) is 11.0. The van der Waals surface area contributed by atoms with Crippen molar-refractivity contribution in [2.45, 2.75) is 64.6 Å². The molecule has 0 bridgehead atoms. The quantitative estimate of drug-likeness (QED) is 0.389. The number of ether oxygens (including phenoxy) is 2. The molecule has 2 aromatic rings. The second-order valence-corrected chi connectivity index (χ2v) is 7.58. The Bertz CT molecular complexity index is 651. The molecule has 0 aromatic heterocycles. The minimum absolute atomic E-state index is 0.197. The van der Waals surface area contributed by atoms with E-state index >= 15 is 0 Å². The van der Waals surface area contributed by atoms with E-state index in [9.17, 15) is 8.78 Å². The maximum atomic E-state index is 12.1. The zero-order valence-corrected chi connectivity index (χ0v) is 17.9. The van der Waals surface area contributed by atoms with Gasteiger partial charge in [-0.2, -0.15) is 8.78 Å². The summed E-state index contributed by atoms with van der Waals surface area (Å²) in [5, 5.41) is 0. The average molecular weight is 417 g/mol. The molecule has 1 saturated carbocycles. The van der Waals surface area contributed by atoms with Gasteiger partial charge in [0.15, 0.2) is 0 Å². The van der Waals surface area contributed by atoms with Crippen LogP contribution in [0.3, 0.4) is 0 Å². The molecular weight excluding hydrogens is 382 g/mol. The Balaban J connectivity index is 0.000000456. The van der Waals surface area contributed by atoms with Crippen molar-refractivity contribution in [1.82, 2.24) is 0 Å². The van der Waals surface area contributed by atoms with Crippen molar-refractivity contribution in [2.75, 3.05) is 6.61 Å². The van der Waals surface area contributed by atoms with Crippen LogP contribution < -0.4 is 4.74 Å². The molecule has 3 rings (SSSR count). The molecule has 0 amide bonds. The molecule has 0 atom stereocenters. The lowest BCUT2D eigenvalue weighted by molar-refractivity contribution is -0.0498. The molecular formula is C26H34F2O2. The fourth-order valence-corrected chi connectivity index (χ4v) is 3.44. The summed E-state index contributed by atoms with van der Waals surface area (Å²) in [6, 6.07) is 18.8. The lowest BCUT2D eigenvalue weighted by atomic mass is 9.87. The van der Waals surface area contributed by atoms with Crippen molar-refractivity contribution in [3.63, 3.8) is 0 Å². The van der Waals surface area contributed by atoms with Crippen molar-refractivity contribution in [3.8, 4) is 5.75 Å². The largest absolute Gasteiger partial charge is 0.435 e. The van der Waals surface area contributed by atoms with E-state index in [-0.39, 0.29) is 5.75 Å². The van der Waals surface area contributed by atoms with E-state index < -0.39 is 6.61 Å². The highest BCUT2D eigenvalue weighted by molar-refractivity contribution is 5.50. The number of allylic oxidation sites excluding steroid dienone is 1. The van der Waals surface area contributed by atoms with Crippen molar-refractivity contribution < 1.29 is 18.3 Å². The topological polar surface area (TPSA) is 18.5 Å². The number of rotatable bonds is 9. The van der Waals surface area contributed by atoms with E-state index in [1.165, 1.54) is 19.3 Å². The minimum Gasteiger partial charge on any atom is -0.435 e. The molecule has 0 aliphatic heterocycles. The normalized spacial score (nSPS) is 18.8. The predicted octanol–water partition coefficient (Wildman–Crippen LogP) is 7.75. The van der Waals surface area contributed by atoms with Crippen molar-refractivity contribution in [1.29, 1.82) is 0 Å². The molecule has 4 heteroatoms. The minimum atomic E-state index is -2.77. The summed E-state index contributed by atoms with van der Waals surface area (Å²) in [6.45, 7) is 0.328. The van der Waals surface area contributed by atoms with Gasteiger partial charge in [-0.15, -0.1) is 0 Å². The number of benzene rings is 2. The van der Waals surface area contributed by atoms with Gasteiger partial charge in [0, 0.05) is 6.61 Å². The van der Waals surface area contributed by atoms with Gasteiger partial charge in [0.25, 0.3) is 0 Å². The molecule has 0 spiro atoms. The number of hydrogen-bond donors (Lipinski definition) is 0. The van der Waals surface area contributed by atoms with Crippen LogP contribution in [0.5, 0.6) is 5.75 Å². The monoisotopic (exact) mass is 416 g/mol. The van der Waals surface area contributed by atoms with Crippen LogP contribution in [0.25, 0.3) is 6.08 Å². The summed E-state index contributed by atoms with van der Waals surface area (Å²) in [5.74, 6) is 0.778. The molecule has 2 aromatic carbocycles. The molecule has 0 radical (unpaired) electrons. The van der Waals surface area contributed by atoms with Gasteiger partial charge in [0.05, 0.1) is 6.10 Å². The van der Waals surface area contributed by atoms with Gasteiger partial charge < -0.3 is 9.47 Å². The zero-order chi connectivity index (χ0) is 21.4. The molecule has 2 nitrogen and oxygen atoms in total. The highest BCUT2D eigenvalue weighted by Gasteiger charge is 2.19. The molecule has 1 aliphatic carbocycles. The Labute approximate surface area is 179 Å². The van der Waals surface area contributed by atoms with E-state index in [0.717, 1.165) is 37.9 Å². The highest BCUT2D eigenvalue weighted by atomic mass is 19.3. The summed E-state index contributed by atoms with van der Waals surface area (Å²) in [6.07, 6.45) is 12.9. The lowest BCUT2D eigenvalue weighted by Gasteiger charge is -2.27. The third-order valence-electron chi connectivity index (χ3n) is 5.15. The Morgan fingerprint density at radius 2 is 1.50 bits per heavy atom. The lowest BCUT2D eigenvalue weighted by Crippen LogP contribution is -2.21. The molecule has 164 valence electrons. The predicted molar refractivity (Wildman–Crippen MR) is 120 cm³/mol. The van der Waals surface area contributed by atoms with E-state index in [1.54, 1.807) is 24.3 Å². The number of halogens is 2. The molecule has 0 unspecified atom stereocenters. The van der Waals surface area contributed by atoms with Crippen molar-refractivity contribution >= 4 is 6.08 Å². The number of alkyl halides is 2. The fourth-order valence-electron chi connectivity index (χ4n) is 3.44. The highest BCUT2D eigenvalue weighted by Crippen LogP contribution is 2.28. The number of unbranched alkanes of at least 4 members (excludes halogenated alkanes) is 2. The first-order valence-electron chi connectivity index (χ1n) is 11.0. The molecule has 0 saturated heterocycles. The van der Waals surface area contributed by atoms with Gasteiger partial charge in [-0.05, 0) is 55.7 Å². The standard InChI is InChI=1S/C20H28F2O2.C6H6/c1-2-3-4-15-23-18-11-7-16(8-12-18)5-6-17-9-13-19(14-10-17)24-20(21)22;1-2-4-6-5-3-1/h5-6,9-10,13-14,16,18,20H,2-4,7-8,11-12,15H2,1H3;1-6H. The number of hydrogen-bond acceptors (Lipinski definition) is 2. The Morgan fingerprint density at radius 3 is 2.03 bits per heavy atom. The van der Waals surface area contributed by atoms with Gasteiger partial charge in [-0.3, -0.25) is 0 Å². The van der Waals surface area contributed by atoms with Crippen LogP contribution in [0.4, 0.5) is 8.78 Å². The van der Waals surface area contributed by atoms with Gasteiger partial charge in [0.1, 0.15) is 5.75 Å². The van der Waals surface area contributed by atoms with E-state index in [4.69, 9.17) is 4.74 Å². The van der Waals surface area contributed by atoms with Crippen LogP contribution in [0.1, 0.15) is 57.4 Å². The van der Waals surface area contributed by atoms with E-state index in [2.05, 4.69) is 23.8 Å². The smallest absolute Gasteiger partial charge is 0.387 e. The summed E-state index contributed by atoms with van der Waals surface area (Å²) >= 11 is 0. The summed E-state index contributed by atoms with van der Waals surface area (Å²) in [4.78, 5) is 0. The first kappa shape index (κ1) is 24.1. The van der Waals surface area contributed by atoms with Crippen molar-refractivity contribution in [2.24, 2.45) is 5.92 Å². The van der Waals surface area contributed by atoms with E-state index in [1.807, 2.05) is 36.4 Å². The average Bonchev–Trinajstić information content (AvgIpc) is 2.78. The molecule has 0 N–H and O–H groups in total. The van der Waals surface area contributed by atoms with Gasteiger partial charge in [-0.1, -0.05) is 80.4 Å². The Morgan fingerprint density at radius 1 is 0.900 bits per heavy atom. The Hall–Kier alpha value is -2.20.